The molecular formula is C30H36ClN3O4S. The van der Waals surface area contributed by atoms with Crippen LogP contribution in [-0.2, 0) is 26.0 Å². The molecule has 3 aromatic carbocycles. The van der Waals surface area contributed by atoms with Crippen molar-refractivity contribution in [3.05, 3.63) is 95.5 Å². The number of hydrogen-bond donors (Lipinski definition) is 1. The van der Waals surface area contributed by atoms with Gasteiger partial charge >= 0.3 is 0 Å². The van der Waals surface area contributed by atoms with Gasteiger partial charge in [-0.2, -0.15) is 0 Å². The third kappa shape index (κ3) is 8.07. The lowest BCUT2D eigenvalue weighted by Crippen LogP contribution is -2.53. The molecule has 7 nitrogen and oxygen atoms in total. The second kappa shape index (κ2) is 14.1. The van der Waals surface area contributed by atoms with Gasteiger partial charge in [-0.05, 0) is 48.6 Å². The minimum atomic E-state index is -4.15. The Balaban J connectivity index is 1.99. The molecule has 0 saturated carbocycles. The van der Waals surface area contributed by atoms with Gasteiger partial charge in [0, 0.05) is 13.1 Å². The quantitative estimate of drug-likeness (QED) is 0.308. The maximum absolute atomic E-state index is 14.0. The van der Waals surface area contributed by atoms with Crippen LogP contribution in [0.3, 0.4) is 0 Å². The van der Waals surface area contributed by atoms with Crippen LogP contribution in [-0.4, -0.2) is 50.8 Å². The molecule has 1 atom stereocenters. The molecule has 1 N–H and O–H groups in total. The van der Waals surface area contributed by atoms with Crippen molar-refractivity contribution in [2.24, 2.45) is 5.92 Å². The number of amides is 2. The van der Waals surface area contributed by atoms with Crippen LogP contribution < -0.4 is 9.62 Å². The van der Waals surface area contributed by atoms with Gasteiger partial charge in [-0.1, -0.05) is 93.0 Å². The first-order valence-electron chi connectivity index (χ1n) is 13.1. The molecule has 9 heteroatoms. The van der Waals surface area contributed by atoms with Crippen LogP contribution >= 0.6 is 11.6 Å². The zero-order chi connectivity index (χ0) is 28.4. The topological polar surface area (TPSA) is 86.8 Å². The zero-order valence-corrected chi connectivity index (χ0v) is 24.2. The van der Waals surface area contributed by atoms with Crippen LogP contribution in [0.5, 0.6) is 0 Å². The fourth-order valence-corrected chi connectivity index (χ4v) is 5.95. The van der Waals surface area contributed by atoms with Crippen molar-refractivity contribution in [1.29, 1.82) is 0 Å². The normalized spacial score (nSPS) is 12.1. The Kier molecular flexibility index (Phi) is 10.9. The van der Waals surface area contributed by atoms with Crippen molar-refractivity contribution >= 4 is 39.1 Å². The Hall–Kier alpha value is -3.36. The predicted octanol–water partition coefficient (Wildman–Crippen LogP) is 5.16. The second-order valence-corrected chi connectivity index (χ2v) is 11.9. The molecule has 0 heterocycles. The Labute approximate surface area is 236 Å². The van der Waals surface area contributed by atoms with E-state index in [4.69, 9.17) is 11.6 Å². The van der Waals surface area contributed by atoms with Crippen molar-refractivity contribution in [2.45, 2.75) is 44.6 Å². The molecule has 0 aliphatic rings. The highest BCUT2D eigenvalue weighted by Crippen LogP contribution is 2.30. The summed E-state index contributed by atoms with van der Waals surface area (Å²) in [5.41, 5.74) is 1.20. The first kappa shape index (κ1) is 30.2. The molecule has 3 aromatic rings. The number of para-hydroxylation sites is 1. The van der Waals surface area contributed by atoms with Crippen LogP contribution in [0.15, 0.2) is 89.8 Å². The summed E-state index contributed by atoms with van der Waals surface area (Å²) in [6, 6.07) is 23.3. The van der Waals surface area contributed by atoms with Crippen LogP contribution in [0.1, 0.15) is 32.8 Å². The summed E-state index contributed by atoms with van der Waals surface area (Å²) in [5.74, 6) is -0.508. The molecule has 0 radical (unpaired) electrons. The van der Waals surface area contributed by atoms with Crippen molar-refractivity contribution in [3.8, 4) is 0 Å². The summed E-state index contributed by atoms with van der Waals surface area (Å²) < 4.78 is 28.6. The van der Waals surface area contributed by atoms with E-state index in [1.807, 2.05) is 51.1 Å². The van der Waals surface area contributed by atoms with E-state index >= 15 is 0 Å². The van der Waals surface area contributed by atoms with Gasteiger partial charge in [0.15, 0.2) is 0 Å². The third-order valence-electron chi connectivity index (χ3n) is 6.29. The number of anilines is 1. The van der Waals surface area contributed by atoms with Gasteiger partial charge in [0.1, 0.15) is 12.6 Å². The number of halogens is 1. The molecule has 39 heavy (non-hydrogen) atoms. The summed E-state index contributed by atoms with van der Waals surface area (Å²) in [5, 5.41) is 3.13. The van der Waals surface area contributed by atoms with Gasteiger partial charge in [0.05, 0.1) is 15.6 Å². The van der Waals surface area contributed by atoms with Gasteiger partial charge in [0.2, 0.25) is 11.8 Å². The Morgan fingerprint density at radius 2 is 1.49 bits per heavy atom. The molecule has 0 saturated heterocycles. The second-order valence-electron chi connectivity index (χ2n) is 9.66. The van der Waals surface area contributed by atoms with E-state index in [2.05, 4.69) is 5.32 Å². The van der Waals surface area contributed by atoms with E-state index in [-0.39, 0.29) is 34.0 Å². The largest absolute Gasteiger partial charge is 0.354 e. The average Bonchev–Trinajstić information content (AvgIpc) is 2.94. The van der Waals surface area contributed by atoms with Crippen LogP contribution in [0, 0.1) is 5.92 Å². The van der Waals surface area contributed by atoms with E-state index in [0.717, 1.165) is 9.87 Å². The molecule has 0 fully saturated rings. The lowest BCUT2D eigenvalue weighted by atomic mass is 10.1. The van der Waals surface area contributed by atoms with E-state index in [0.29, 0.717) is 19.4 Å². The minimum absolute atomic E-state index is 0.0373. The van der Waals surface area contributed by atoms with Gasteiger partial charge < -0.3 is 10.2 Å². The molecular weight excluding hydrogens is 534 g/mol. The maximum Gasteiger partial charge on any atom is 0.264 e. The molecule has 0 aliphatic carbocycles. The standard InChI is InChI=1S/C30H36ClN3O4S/c1-4-27(30(36)32-21-23(2)3)33(20-19-24-13-7-5-8-14-24)29(35)22-34(28-18-12-11-17-26(28)31)39(37,38)25-15-9-6-10-16-25/h5-18,23,27H,4,19-22H2,1-3H3,(H,32,36)/t27-/m1/s1. The Bertz CT molecular complexity index is 1330. The molecule has 0 unspecified atom stereocenters. The summed E-state index contributed by atoms with van der Waals surface area (Å²) in [4.78, 5) is 28.7. The van der Waals surface area contributed by atoms with Gasteiger partial charge in [-0.15, -0.1) is 0 Å². The number of benzene rings is 3. The van der Waals surface area contributed by atoms with E-state index in [9.17, 15) is 18.0 Å². The zero-order valence-electron chi connectivity index (χ0n) is 22.6. The average molecular weight is 570 g/mol. The van der Waals surface area contributed by atoms with E-state index in [1.54, 1.807) is 42.5 Å². The number of rotatable bonds is 13. The highest BCUT2D eigenvalue weighted by molar-refractivity contribution is 7.92. The first-order chi connectivity index (χ1) is 18.6. The van der Waals surface area contributed by atoms with Gasteiger partial charge in [-0.3, -0.25) is 13.9 Å². The van der Waals surface area contributed by atoms with Gasteiger partial charge in [0.25, 0.3) is 10.0 Å². The number of nitrogens with zero attached hydrogens (tertiary/aromatic N) is 2. The smallest absolute Gasteiger partial charge is 0.264 e. The fourth-order valence-electron chi connectivity index (χ4n) is 4.21. The molecule has 0 aliphatic heterocycles. The van der Waals surface area contributed by atoms with Crippen molar-refractivity contribution in [3.63, 3.8) is 0 Å². The first-order valence-corrected chi connectivity index (χ1v) is 14.9. The van der Waals surface area contributed by atoms with Crippen molar-refractivity contribution in [2.75, 3.05) is 23.9 Å². The summed E-state index contributed by atoms with van der Waals surface area (Å²) >= 11 is 6.43. The highest BCUT2D eigenvalue weighted by Gasteiger charge is 2.34. The van der Waals surface area contributed by atoms with Crippen LogP contribution in [0.25, 0.3) is 0 Å². The number of carbonyl (C=O) groups excluding carboxylic acids is 2. The van der Waals surface area contributed by atoms with Gasteiger partial charge in [-0.25, -0.2) is 8.42 Å². The van der Waals surface area contributed by atoms with Crippen LogP contribution in [0.2, 0.25) is 5.02 Å². The number of carbonyl (C=O) groups is 2. The lowest BCUT2D eigenvalue weighted by molar-refractivity contribution is -0.139. The lowest BCUT2D eigenvalue weighted by Gasteiger charge is -2.33. The predicted molar refractivity (Wildman–Crippen MR) is 156 cm³/mol. The monoisotopic (exact) mass is 569 g/mol. The Morgan fingerprint density at radius 3 is 2.08 bits per heavy atom. The number of hydrogen-bond acceptors (Lipinski definition) is 4. The number of sulfonamides is 1. The van der Waals surface area contributed by atoms with Crippen molar-refractivity contribution in [1.82, 2.24) is 10.2 Å². The number of nitrogens with one attached hydrogen (secondary N) is 1. The van der Waals surface area contributed by atoms with Crippen molar-refractivity contribution < 1.29 is 18.0 Å². The van der Waals surface area contributed by atoms with E-state index < -0.39 is 28.5 Å². The summed E-state index contributed by atoms with van der Waals surface area (Å²) in [6.45, 7) is 6.05. The summed E-state index contributed by atoms with van der Waals surface area (Å²) in [6.07, 6.45) is 0.889. The molecule has 0 spiro atoms. The third-order valence-corrected chi connectivity index (χ3v) is 8.38. The molecule has 2 amide bonds. The van der Waals surface area contributed by atoms with Crippen LogP contribution in [0.4, 0.5) is 5.69 Å². The van der Waals surface area contributed by atoms with E-state index in [1.165, 1.54) is 17.0 Å². The summed E-state index contributed by atoms with van der Waals surface area (Å²) in [7, 11) is -4.15. The fraction of sp³-hybridized carbons (Fsp3) is 0.333. The molecule has 208 valence electrons. The molecule has 0 aromatic heterocycles. The maximum atomic E-state index is 14.0. The molecule has 3 rings (SSSR count). The Morgan fingerprint density at radius 1 is 0.897 bits per heavy atom. The molecule has 0 bridgehead atoms. The minimum Gasteiger partial charge on any atom is -0.354 e. The SMILES string of the molecule is CC[C@H](C(=O)NCC(C)C)N(CCc1ccccc1)C(=O)CN(c1ccccc1Cl)S(=O)(=O)c1ccccc1. The highest BCUT2D eigenvalue weighted by atomic mass is 35.5.